The van der Waals surface area contributed by atoms with E-state index in [0.29, 0.717) is 54.4 Å². The SMILES string of the molecule is CC(=O)[C@@]12CCC(=O)C[C@@H]1C[C@H]1[C@@H]3CCC4=CC(=O)CC[C@]4(C)[C@H]3CC[C@@]12C. The molecule has 0 N–H and O–H groups in total. The topological polar surface area (TPSA) is 51.2 Å². The van der Waals surface area contributed by atoms with Crippen LogP contribution < -0.4 is 0 Å². The zero-order valence-electron chi connectivity index (χ0n) is 17.7. The molecular formula is C25H34O3. The van der Waals surface area contributed by atoms with Gasteiger partial charge in [-0.05, 0) is 92.4 Å². The molecule has 0 radical (unpaired) electrons. The average Bonchev–Trinajstić information content (AvgIpc) is 2.91. The second-order valence-corrected chi connectivity index (χ2v) is 11.1. The van der Waals surface area contributed by atoms with Crippen LogP contribution in [0, 0.1) is 39.9 Å². The maximum Gasteiger partial charge on any atom is 0.155 e. The van der Waals surface area contributed by atoms with Crippen LogP contribution in [0.25, 0.3) is 0 Å². The summed E-state index contributed by atoms with van der Waals surface area (Å²) in [6, 6.07) is 0. The van der Waals surface area contributed by atoms with Crippen LogP contribution in [0.3, 0.4) is 0 Å². The fourth-order valence-corrected chi connectivity index (χ4v) is 9.17. The van der Waals surface area contributed by atoms with Crippen molar-refractivity contribution < 1.29 is 14.4 Å². The molecule has 0 heterocycles. The first-order chi connectivity index (χ1) is 13.2. The quantitative estimate of drug-likeness (QED) is 0.636. The van der Waals surface area contributed by atoms with Crippen LogP contribution in [0.4, 0.5) is 0 Å². The molecule has 4 fully saturated rings. The molecule has 0 aromatic rings. The van der Waals surface area contributed by atoms with E-state index >= 15 is 0 Å². The third-order valence-corrected chi connectivity index (χ3v) is 10.5. The van der Waals surface area contributed by atoms with Crippen LogP contribution in [0.15, 0.2) is 11.6 Å². The van der Waals surface area contributed by atoms with E-state index in [1.54, 1.807) is 6.92 Å². The number of hydrogen-bond donors (Lipinski definition) is 0. The molecule has 5 aliphatic carbocycles. The first-order valence-electron chi connectivity index (χ1n) is 11.5. The first-order valence-corrected chi connectivity index (χ1v) is 11.5. The van der Waals surface area contributed by atoms with Gasteiger partial charge in [-0.3, -0.25) is 14.4 Å². The number of fused-ring (bicyclic) bond motifs is 7. The molecule has 0 aromatic carbocycles. The van der Waals surface area contributed by atoms with Crippen molar-refractivity contribution >= 4 is 17.3 Å². The third-order valence-electron chi connectivity index (χ3n) is 10.5. The number of carbonyl (C=O) groups excluding carboxylic acids is 3. The van der Waals surface area contributed by atoms with Crippen molar-refractivity contribution in [2.24, 2.45) is 39.9 Å². The number of carbonyl (C=O) groups is 3. The number of hydrogen-bond acceptors (Lipinski definition) is 3. The molecule has 0 amide bonds. The van der Waals surface area contributed by atoms with Gasteiger partial charge in [0.1, 0.15) is 11.6 Å². The maximum absolute atomic E-state index is 13.1. The second kappa shape index (κ2) is 5.89. The summed E-state index contributed by atoms with van der Waals surface area (Å²) in [5.41, 5.74) is 1.36. The Morgan fingerprint density at radius 3 is 2.54 bits per heavy atom. The van der Waals surface area contributed by atoms with E-state index in [1.165, 1.54) is 12.0 Å². The molecule has 3 heteroatoms. The summed E-state index contributed by atoms with van der Waals surface area (Å²) in [6.45, 7) is 6.62. The highest BCUT2D eigenvalue weighted by Gasteiger charge is 2.69. The molecule has 28 heavy (non-hydrogen) atoms. The predicted molar refractivity (Wildman–Crippen MR) is 108 cm³/mol. The summed E-state index contributed by atoms with van der Waals surface area (Å²) in [5.74, 6) is 3.13. The van der Waals surface area contributed by atoms with Gasteiger partial charge in [-0.15, -0.1) is 0 Å². The molecule has 152 valence electrons. The summed E-state index contributed by atoms with van der Waals surface area (Å²) in [7, 11) is 0. The number of Topliss-reactive ketones (excluding diaryl/α,β-unsaturated/α-hetero) is 2. The van der Waals surface area contributed by atoms with Gasteiger partial charge in [0, 0.05) is 24.7 Å². The molecule has 7 atom stereocenters. The van der Waals surface area contributed by atoms with Crippen molar-refractivity contribution in [1.29, 1.82) is 0 Å². The Balaban J connectivity index is 1.55. The molecule has 0 spiro atoms. The van der Waals surface area contributed by atoms with Crippen LogP contribution >= 0.6 is 0 Å². The number of allylic oxidation sites excluding steroid dienone is 1. The predicted octanol–water partition coefficient (Wildman–Crippen LogP) is 5.07. The van der Waals surface area contributed by atoms with Crippen LogP contribution in [0.5, 0.6) is 0 Å². The molecule has 0 saturated heterocycles. The van der Waals surface area contributed by atoms with Gasteiger partial charge in [-0.2, -0.15) is 0 Å². The van der Waals surface area contributed by atoms with Gasteiger partial charge in [-0.25, -0.2) is 0 Å². The van der Waals surface area contributed by atoms with E-state index in [9.17, 15) is 14.4 Å². The second-order valence-electron chi connectivity index (χ2n) is 11.1. The van der Waals surface area contributed by atoms with Gasteiger partial charge in [0.15, 0.2) is 5.78 Å². The highest BCUT2D eigenvalue weighted by atomic mass is 16.1. The fraction of sp³-hybridized carbons (Fsp3) is 0.800. The molecular weight excluding hydrogens is 348 g/mol. The van der Waals surface area contributed by atoms with E-state index in [0.717, 1.165) is 38.5 Å². The maximum atomic E-state index is 13.1. The average molecular weight is 383 g/mol. The standard InChI is InChI=1S/C25H34O3/c1-15(26)25-11-7-19(28)13-17(25)14-22-20-5-4-16-12-18(27)6-9-23(16,2)21(20)8-10-24(22,25)3/h12,17,20-22H,4-11,13-14H2,1-3H3/t17-,20-,21+,22+,23+,24+,25+/m1/s1. The molecule has 0 bridgehead atoms. The summed E-state index contributed by atoms with van der Waals surface area (Å²) in [4.78, 5) is 37.4. The van der Waals surface area contributed by atoms with Crippen LogP contribution in [0.1, 0.15) is 85.0 Å². The lowest BCUT2D eigenvalue weighted by atomic mass is 9.44. The molecule has 3 nitrogen and oxygen atoms in total. The Labute approximate surface area is 168 Å². The Hall–Kier alpha value is -1.25. The zero-order valence-corrected chi connectivity index (χ0v) is 17.7. The normalized spacial score (nSPS) is 50.2. The minimum absolute atomic E-state index is 0.0490. The molecule has 0 aliphatic heterocycles. The van der Waals surface area contributed by atoms with E-state index in [4.69, 9.17) is 0 Å². The van der Waals surface area contributed by atoms with Crippen LogP contribution in [-0.4, -0.2) is 17.3 Å². The van der Waals surface area contributed by atoms with Crippen molar-refractivity contribution in [3.8, 4) is 0 Å². The van der Waals surface area contributed by atoms with Gasteiger partial charge < -0.3 is 0 Å². The first kappa shape index (κ1) is 18.8. The van der Waals surface area contributed by atoms with E-state index in [1.807, 2.05) is 6.08 Å². The number of rotatable bonds is 1. The third kappa shape index (κ3) is 2.14. The Morgan fingerprint density at radius 1 is 1.00 bits per heavy atom. The largest absolute Gasteiger partial charge is 0.300 e. The molecule has 5 aliphatic rings. The lowest BCUT2D eigenvalue weighted by Gasteiger charge is -2.60. The van der Waals surface area contributed by atoms with Gasteiger partial charge in [0.05, 0.1) is 0 Å². The summed E-state index contributed by atoms with van der Waals surface area (Å²) in [6.07, 6.45) is 11.2. The van der Waals surface area contributed by atoms with Gasteiger partial charge >= 0.3 is 0 Å². The van der Waals surface area contributed by atoms with Gasteiger partial charge in [0.25, 0.3) is 0 Å². The fourth-order valence-electron chi connectivity index (χ4n) is 9.17. The monoisotopic (exact) mass is 382 g/mol. The Kier molecular flexibility index (Phi) is 3.95. The Morgan fingerprint density at radius 2 is 1.79 bits per heavy atom. The van der Waals surface area contributed by atoms with Crippen LogP contribution in [0.2, 0.25) is 0 Å². The van der Waals surface area contributed by atoms with Crippen molar-refractivity contribution in [3.63, 3.8) is 0 Å². The summed E-state index contributed by atoms with van der Waals surface area (Å²) >= 11 is 0. The van der Waals surface area contributed by atoms with Crippen molar-refractivity contribution in [3.05, 3.63) is 11.6 Å². The number of ketones is 3. The minimum Gasteiger partial charge on any atom is -0.300 e. The van der Waals surface area contributed by atoms with Gasteiger partial charge in [-0.1, -0.05) is 19.4 Å². The van der Waals surface area contributed by atoms with Crippen molar-refractivity contribution in [2.75, 3.05) is 0 Å². The molecule has 0 aromatic heterocycles. The van der Waals surface area contributed by atoms with E-state index in [-0.39, 0.29) is 22.2 Å². The molecule has 0 unspecified atom stereocenters. The smallest absolute Gasteiger partial charge is 0.155 e. The zero-order chi connectivity index (χ0) is 19.9. The highest BCUT2D eigenvalue weighted by Crippen LogP contribution is 2.73. The lowest BCUT2D eigenvalue weighted by molar-refractivity contribution is -0.151. The van der Waals surface area contributed by atoms with E-state index < -0.39 is 0 Å². The minimum atomic E-state index is -0.268. The van der Waals surface area contributed by atoms with Crippen LogP contribution in [-0.2, 0) is 14.4 Å². The lowest BCUT2D eigenvalue weighted by Crippen LogP contribution is -2.55. The van der Waals surface area contributed by atoms with E-state index in [2.05, 4.69) is 13.8 Å². The molecule has 4 saturated carbocycles. The summed E-state index contributed by atoms with van der Waals surface area (Å²) in [5, 5.41) is 0. The Bertz CT molecular complexity index is 794. The van der Waals surface area contributed by atoms with Gasteiger partial charge in [0.2, 0.25) is 0 Å². The van der Waals surface area contributed by atoms with Crippen molar-refractivity contribution in [1.82, 2.24) is 0 Å². The van der Waals surface area contributed by atoms with Crippen molar-refractivity contribution in [2.45, 2.75) is 85.0 Å². The summed E-state index contributed by atoms with van der Waals surface area (Å²) < 4.78 is 0. The highest BCUT2D eigenvalue weighted by molar-refractivity contribution is 5.91. The molecule has 5 rings (SSSR count).